The number of benzene rings is 1. The van der Waals surface area contributed by atoms with Gasteiger partial charge in [0.2, 0.25) is 0 Å². The standard InChI is InChI=1S/C15H14Br2FN/c16-9-12(7-11-1-4-14(18)5-2-11)8-15-6-3-13(17)10-19-15/h1-6,10,12H,7-9H2. The number of rotatable bonds is 5. The first kappa shape index (κ1) is 14.7. The Morgan fingerprint density at radius 3 is 2.37 bits per heavy atom. The fourth-order valence-electron chi connectivity index (χ4n) is 1.96. The summed E-state index contributed by atoms with van der Waals surface area (Å²) in [4.78, 5) is 4.39. The molecule has 100 valence electrons. The third-order valence-corrected chi connectivity index (χ3v) is 4.33. The zero-order valence-corrected chi connectivity index (χ0v) is 13.5. The highest BCUT2D eigenvalue weighted by atomic mass is 79.9. The lowest BCUT2D eigenvalue weighted by atomic mass is 9.96. The fraction of sp³-hybridized carbons (Fsp3) is 0.267. The number of pyridine rings is 1. The number of halogens is 3. The van der Waals surface area contributed by atoms with Gasteiger partial charge in [0.1, 0.15) is 5.82 Å². The van der Waals surface area contributed by atoms with Crippen molar-refractivity contribution in [3.63, 3.8) is 0 Å². The molecule has 0 aliphatic carbocycles. The zero-order chi connectivity index (χ0) is 13.7. The maximum Gasteiger partial charge on any atom is 0.123 e. The predicted octanol–water partition coefficient (Wildman–Crippen LogP) is 4.78. The molecule has 0 aliphatic rings. The molecule has 1 unspecified atom stereocenters. The highest BCUT2D eigenvalue weighted by Crippen LogP contribution is 2.17. The van der Waals surface area contributed by atoms with E-state index in [1.54, 1.807) is 0 Å². The quantitative estimate of drug-likeness (QED) is 0.674. The minimum Gasteiger partial charge on any atom is -0.260 e. The predicted molar refractivity (Wildman–Crippen MR) is 83.0 cm³/mol. The molecule has 1 aromatic carbocycles. The largest absolute Gasteiger partial charge is 0.260 e. The smallest absolute Gasteiger partial charge is 0.123 e. The van der Waals surface area contributed by atoms with E-state index >= 15 is 0 Å². The minimum atomic E-state index is -0.186. The summed E-state index contributed by atoms with van der Waals surface area (Å²) in [7, 11) is 0. The molecule has 0 radical (unpaired) electrons. The van der Waals surface area contributed by atoms with E-state index in [2.05, 4.69) is 36.8 Å². The Labute approximate surface area is 129 Å². The van der Waals surface area contributed by atoms with Gasteiger partial charge in [-0.1, -0.05) is 28.1 Å². The van der Waals surface area contributed by atoms with Crippen LogP contribution >= 0.6 is 31.9 Å². The summed E-state index contributed by atoms with van der Waals surface area (Å²) >= 11 is 6.93. The van der Waals surface area contributed by atoms with Crippen molar-refractivity contribution in [2.24, 2.45) is 5.92 Å². The average molecular weight is 387 g/mol. The van der Waals surface area contributed by atoms with Gasteiger partial charge in [-0.15, -0.1) is 0 Å². The Hall–Kier alpha value is -0.740. The highest BCUT2D eigenvalue weighted by molar-refractivity contribution is 9.10. The highest BCUT2D eigenvalue weighted by Gasteiger charge is 2.10. The van der Waals surface area contributed by atoms with Crippen molar-refractivity contribution in [1.29, 1.82) is 0 Å². The van der Waals surface area contributed by atoms with Crippen LogP contribution < -0.4 is 0 Å². The van der Waals surface area contributed by atoms with Crippen molar-refractivity contribution in [1.82, 2.24) is 4.98 Å². The van der Waals surface area contributed by atoms with Gasteiger partial charge in [-0.25, -0.2) is 4.39 Å². The van der Waals surface area contributed by atoms with Crippen molar-refractivity contribution >= 4 is 31.9 Å². The van der Waals surface area contributed by atoms with Gasteiger partial charge in [0, 0.05) is 21.7 Å². The Balaban J connectivity index is 2.00. The maximum absolute atomic E-state index is 12.9. The van der Waals surface area contributed by atoms with Gasteiger partial charge in [0.05, 0.1) is 0 Å². The van der Waals surface area contributed by atoms with Crippen molar-refractivity contribution in [3.05, 3.63) is 64.1 Å². The Bertz CT molecular complexity index is 463. The first-order valence-electron chi connectivity index (χ1n) is 6.08. The summed E-state index contributed by atoms with van der Waals surface area (Å²) in [5, 5.41) is 0.905. The van der Waals surface area contributed by atoms with Gasteiger partial charge in [0.15, 0.2) is 0 Å². The lowest BCUT2D eigenvalue weighted by molar-refractivity contribution is 0.579. The van der Waals surface area contributed by atoms with Crippen LogP contribution in [0.25, 0.3) is 0 Å². The third-order valence-electron chi connectivity index (χ3n) is 2.94. The van der Waals surface area contributed by atoms with Gasteiger partial charge in [-0.3, -0.25) is 4.98 Å². The second kappa shape index (κ2) is 7.15. The second-order valence-corrected chi connectivity index (χ2v) is 6.09. The fourth-order valence-corrected chi connectivity index (χ4v) is 2.65. The molecule has 1 heterocycles. The summed E-state index contributed by atoms with van der Waals surface area (Å²) in [5.74, 6) is 0.271. The van der Waals surface area contributed by atoms with Crippen LogP contribution in [0.4, 0.5) is 4.39 Å². The molecule has 1 nitrogen and oxygen atoms in total. The zero-order valence-electron chi connectivity index (χ0n) is 10.3. The Morgan fingerprint density at radius 1 is 1.05 bits per heavy atom. The summed E-state index contributed by atoms with van der Waals surface area (Å²) in [6, 6.07) is 10.8. The molecule has 1 atom stereocenters. The molecule has 0 spiro atoms. The molecule has 0 bridgehead atoms. The minimum absolute atomic E-state index is 0.186. The van der Waals surface area contributed by atoms with Gasteiger partial charge in [-0.05, 0) is 64.5 Å². The number of aromatic nitrogens is 1. The summed E-state index contributed by atoms with van der Waals surface area (Å²) in [6.07, 6.45) is 3.65. The summed E-state index contributed by atoms with van der Waals surface area (Å²) in [5.41, 5.74) is 2.23. The Morgan fingerprint density at radius 2 is 1.79 bits per heavy atom. The van der Waals surface area contributed by atoms with E-state index < -0.39 is 0 Å². The van der Waals surface area contributed by atoms with Crippen LogP contribution in [0.2, 0.25) is 0 Å². The molecule has 2 rings (SSSR count). The number of hydrogen-bond acceptors (Lipinski definition) is 1. The monoisotopic (exact) mass is 385 g/mol. The number of alkyl halides is 1. The van der Waals surface area contributed by atoms with Crippen molar-refractivity contribution in [3.8, 4) is 0 Å². The number of nitrogens with zero attached hydrogens (tertiary/aromatic N) is 1. The topological polar surface area (TPSA) is 12.9 Å². The molecular weight excluding hydrogens is 373 g/mol. The number of hydrogen-bond donors (Lipinski definition) is 0. The first-order chi connectivity index (χ1) is 9.17. The molecule has 0 saturated heterocycles. The van der Waals surface area contributed by atoms with Crippen molar-refractivity contribution in [2.75, 3.05) is 5.33 Å². The summed E-state index contributed by atoms with van der Waals surface area (Å²) < 4.78 is 13.9. The molecule has 19 heavy (non-hydrogen) atoms. The molecule has 0 amide bonds. The van der Waals surface area contributed by atoms with Crippen LogP contribution in [0, 0.1) is 11.7 Å². The van der Waals surface area contributed by atoms with E-state index in [-0.39, 0.29) is 5.82 Å². The molecule has 0 N–H and O–H groups in total. The normalized spacial score (nSPS) is 12.4. The van der Waals surface area contributed by atoms with Gasteiger partial charge in [-0.2, -0.15) is 0 Å². The van der Waals surface area contributed by atoms with Gasteiger partial charge >= 0.3 is 0 Å². The van der Waals surface area contributed by atoms with Crippen LogP contribution in [0.15, 0.2) is 47.1 Å². The molecule has 0 saturated carbocycles. The van der Waals surface area contributed by atoms with Crippen LogP contribution in [0.1, 0.15) is 11.3 Å². The van der Waals surface area contributed by atoms with E-state index in [4.69, 9.17) is 0 Å². The van der Waals surface area contributed by atoms with Gasteiger partial charge < -0.3 is 0 Å². The van der Waals surface area contributed by atoms with Crippen LogP contribution in [-0.2, 0) is 12.8 Å². The van der Waals surface area contributed by atoms with Crippen LogP contribution in [0.3, 0.4) is 0 Å². The molecule has 2 aromatic rings. The maximum atomic E-state index is 12.9. The lowest BCUT2D eigenvalue weighted by Crippen LogP contribution is -2.11. The third kappa shape index (κ3) is 4.69. The molecule has 1 aromatic heterocycles. The van der Waals surface area contributed by atoms with Crippen molar-refractivity contribution < 1.29 is 4.39 Å². The molecule has 0 aliphatic heterocycles. The van der Waals surface area contributed by atoms with Crippen LogP contribution in [-0.4, -0.2) is 10.3 Å². The summed E-state index contributed by atoms with van der Waals surface area (Å²) in [6.45, 7) is 0. The van der Waals surface area contributed by atoms with Gasteiger partial charge in [0.25, 0.3) is 0 Å². The molecule has 4 heteroatoms. The Kier molecular flexibility index (Phi) is 5.52. The van der Waals surface area contributed by atoms with E-state index in [0.29, 0.717) is 5.92 Å². The van der Waals surface area contributed by atoms with E-state index in [0.717, 1.165) is 33.9 Å². The van der Waals surface area contributed by atoms with E-state index in [9.17, 15) is 4.39 Å². The first-order valence-corrected chi connectivity index (χ1v) is 7.99. The van der Waals surface area contributed by atoms with E-state index in [1.807, 2.05) is 30.5 Å². The second-order valence-electron chi connectivity index (χ2n) is 4.52. The molecular formula is C15H14Br2FN. The average Bonchev–Trinajstić information content (AvgIpc) is 2.43. The van der Waals surface area contributed by atoms with Crippen molar-refractivity contribution in [2.45, 2.75) is 12.8 Å². The molecule has 0 fully saturated rings. The lowest BCUT2D eigenvalue weighted by Gasteiger charge is -2.13. The van der Waals surface area contributed by atoms with Crippen LogP contribution in [0.5, 0.6) is 0 Å². The van der Waals surface area contributed by atoms with E-state index in [1.165, 1.54) is 12.1 Å². The SMILES string of the molecule is Fc1ccc(CC(CBr)Cc2ccc(Br)cn2)cc1.